The second-order valence-electron chi connectivity index (χ2n) is 4.94. The molecule has 2 unspecified atom stereocenters. The van der Waals surface area contributed by atoms with Crippen molar-refractivity contribution in [3.05, 3.63) is 0 Å². The molecule has 6 nitrogen and oxygen atoms in total. The van der Waals surface area contributed by atoms with Crippen LogP contribution < -0.4 is 10.6 Å². The molecule has 0 aliphatic carbocycles. The molecule has 7 heteroatoms. The molecule has 1 aliphatic heterocycles. The fourth-order valence-corrected chi connectivity index (χ4v) is 2.72. The summed E-state index contributed by atoms with van der Waals surface area (Å²) in [6.07, 6.45) is 2.11. The predicted molar refractivity (Wildman–Crippen MR) is 70.7 cm³/mol. The van der Waals surface area contributed by atoms with Crippen molar-refractivity contribution in [1.29, 1.82) is 0 Å². The summed E-state index contributed by atoms with van der Waals surface area (Å²) in [4.78, 5) is 11.9. The van der Waals surface area contributed by atoms with Crippen molar-refractivity contribution in [2.45, 2.75) is 25.8 Å². The van der Waals surface area contributed by atoms with Gasteiger partial charge in [0.05, 0.1) is 11.8 Å². The van der Waals surface area contributed by atoms with Gasteiger partial charge in [-0.25, -0.2) is 12.7 Å². The van der Waals surface area contributed by atoms with Crippen molar-refractivity contribution < 1.29 is 13.2 Å². The van der Waals surface area contributed by atoms with E-state index in [0.717, 1.165) is 19.4 Å². The fourth-order valence-electron chi connectivity index (χ4n) is 2.00. The number of sulfonamides is 1. The molecule has 0 radical (unpaired) electrons. The molecular formula is C11H23N3O3S. The highest BCUT2D eigenvalue weighted by Crippen LogP contribution is 2.15. The zero-order chi connectivity index (χ0) is 13.8. The Morgan fingerprint density at radius 2 is 2.11 bits per heavy atom. The first kappa shape index (κ1) is 15.4. The highest BCUT2D eigenvalue weighted by Gasteiger charge is 2.27. The van der Waals surface area contributed by atoms with E-state index in [4.69, 9.17) is 0 Å². The van der Waals surface area contributed by atoms with Crippen molar-refractivity contribution in [2.24, 2.45) is 5.92 Å². The minimum atomic E-state index is -3.24. The van der Waals surface area contributed by atoms with Crippen LogP contribution in [0.4, 0.5) is 0 Å². The number of hydrogen-bond acceptors (Lipinski definition) is 4. The summed E-state index contributed by atoms with van der Waals surface area (Å²) in [5.41, 5.74) is 0. The Hall–Kier alpha value is -0.660. The lowest BCUT2D eigenvalue weighted by atomic mass is 9.92. The normalized spacial score (nSPS) is 25.1. The smallest absolute Gasteiger partial charge is 0.237 e. The van der Waals surface area contributed by atoms with E-state index in [0.29, 0.717) is 5.92 Å². The molecule has 106 valence electrons. The lowest BCUT2D eigenvalue weighted by molar-refractivity contribution is -0.124. The van der Waals surface area contributed by atoms with Gasteiger partial charge in [-0.2, -0.15) is 0 Å². The molecule has 1 saturated heterocycles. The van der Waals surface area contributed by atoms with Crippen LogP contribution in [0.2, 0.25) is 0 Å². The molecule has 0 bridgehead atoms. The molecule has 1 aliphatic rings. The van der Waals surface area contributed by atoms with E-state index in [1.54, 1.807) is 0 Å². The molecule has 2 atom stereocenters. The van der Waals surface area contributed by atoms with Gasteiger partial charge in [-0.1, -0.05) is 6.92 Å². The third-order valence-corrected chi connectivity index (χ3v) is 5.10. The highest BCUT2D eigenvalue weighted by molar-refractivity contribution is 7.89. The van der Waals surface area contributed by atoms with Crippen LogP contribution in [0.25, 0.3) is 0 Å². The maximum absolute atomic E-state index is 11.9. The predicted octanol–water partition coefficient (Wildman–Crippen LogP) is -0.618. The van der Waals surface area contributed by atoms with E-state index in [1.165, 1.54) is 18.4 Å². The first-order chi connectivity index (χ1) is 8.34. The quantitative estimate of drug-likeness (QED) is 0.702. The van der Waals surface area contributed by atoms with Gasteiger partial charge in [-0.3, -0.25) is 4.79 Å². The molecule has 1 heterocycles. The maximum Gasteiger partial charge on any atom is 0.237 e. The van der Waals surface area contributed by atoms with Crippen LogP contribution >= 0.6 is 0 Å². The lowest BCUT2D eigenvalue weighted by Gasteiger charge is -2.28. The molecule has 2 N–H and O–H groups in total. The number of nitrogens with zero attached hydrogens (tertiary/aromatic N) is 1. The Bertz CT molecular complexity index is 381. The second-order valence-corrected chi connectivity index (χ2v) is 7.24. The third-order valence-electron chi connectivity index (χ3n) is 3.27. The highest BCUT2D eigenvalue weighted by atomic mass is 32.2. The van der Waals surface area contributed by atoms with Crippen LogP contribution in [-0.2, 0) is 14.8 Å². The summed E-state index contributed by atoms with van der Waals surface area (Å²) in [6.45, 7) is 3.04. The number of amides is 1. The summed E-state index contributed by atoms with van der Waals surface area (Å²) < 4.78 is 24.2. The van der Waals surface area contributed by atoms with Crippen LogP contribution in [0, 0.1) is 5.92 Å². The monoisotopic (exact) mass is 277 g/mol. The van der Waals surface area contributed by atoms with Crippen molar-refractivity contribution in [2.75, 3.05) is 32.9 Å². The van der Waals surface area contributed by atoms with Crippen LogP contribution in [-0.4, -0.2) is 57.6 Å². The van der Waals surface area contributed by atoms with E-state index < -0.39 is 10.0 Å². The van der Waals surface area contributed by atoms with E-state index >= 15 is 0 Å². The zero-order valence-electron chi connectivity index (χ0n) is 11.3. The van der Waals surface area contributed by atoms with Gasteiger partial charge in [0.15, 0.2) is 0 Å². The summed E-state index contributed by atoms with van der Waals surface area (Å²) in [5, 5.41) is 5.85. The first-order valence-corrected chi connectivity index (χ1v) is 7.87. The number of carbonyl (C=O) groups is 1. The topological polar surface area (TPSA) is 78.5 Å². The molecule has 0 aromatic rings. The molecule has 18 heavy (non-hydrogen) atoms. The average Bonchev–Trinajstić information content (AvgIpc) is 2.29. The van der Waals surface area contributed by atoms with Crippen molar-refractivity contribution in [3.63, 3.8) is 0 Å². The molecule has 1 rings (SSSR count). The van der Waals surface area contributed by atoms with E-state index in [-0.39, 0.29) is 24.2 Å². The zero-order valence-corrected chi connectivity index (χ0v) is 12.1. The first-order valence-electron chi connectivity index (χ1n) is 6.26. The molecule has 0 aromatic heterocycles. The molecule has 1 amide bonds. The van der Waals surface area contributed by atoms with Gasteiger partial charge in [0, 0.05) is 20.6 Å². The Morgan fingerprint density at radius 1 is 1.44 bits per heavy atom. The molecular weight excluding hydrogens is 254 g/mol. The molecule has 0 saturated carbocycles. The lowest BCUT2D eigenvalue weighted by Crippen LogP contribution is -2.51. The van der Waals surface area contributed by atoms with Gasteiger partial charge in [-0.05, 0) is 25.3 Å². The summed E-state index contributed by atoms with van der Waals surface area (Å²) in [6, 6.07) is -0.194. The standard InChI is InChI=1S/C11H23N3O3S/c1-9-5-4-6-12-10(9)11(15)13-7-8-18(16,17)14(2)3/h9-10,12H,4-8H2,1-3H3,(H,13,15). The molecule has 0 spiro atoms. The van der Waals surface area contributed by atoms with Gasteiger partial charge in [0.2, 0.25) is 15.9 Å². The Kier molecular flexibility index (Phi) is 5.55. The van der Waals surface area contributed by atoms with Gasteiger partial charge >= 0.3 is 0 Å². The van der Waals surface area contributed by atoms with Crippen LogP contribution in [0.15, 0.2) is 0 Å². The second kappa shape index (κ2) is 6.49. The summed E-state index contributed by atoms with van der Waals surface area (Å²) >= 11 is 0. The largest absolute Gasteiger partial charge is 0.354 e. The summed E-state index contributed by atoms with van der Waals surface area (Å²) in [5.74, 6) is 0.132. The van der Waals surface area contributed by atoms with Gasteiger partial charge < -0.3 is 10.6 Å². The molecule has 0 aromatic carbocycles. The summed E-state index contributed by atoms with van der Waals surface area (Å²) in [7, 11) is -0.264. The van der Waals surface area contributed by atoms with Crippen LogP contribution in [0.1, 0.15) is 19.8 Å². The van der Waals surface area contributed by atoms with Crippen LogP contribution in [0.3, 0.4) is 0 Å². The van der Waals surface area contributed by atoms with Crippen molar-refractivity contribution in [3.8, 4) is 0 Å². The third kappa shape index (κ3) is 4.22. The minimum Gasteiger partial charge on any atom is -0.354 e. The Balaban J connectivity index is 2.37. The number of rotatable bonds is 5. The van der Waals surface area contributed by atoms with Crippen molar-refractivity contribution in [1.82, 2.24) is 14.9 Å². The number of hydrogen-bond donors (Lipinski definition) is 2. The number of piperidine rings is 1. The number of nitrogens with one attached hydrogen (secondary N) is 2. The SMILES string of the molecule is CC1CCCNC1C(=O)NCCS(=O)(=O)N(C)C. The van der Waals surface area contributed by atoms with Crippen LogP contribution in [0.5, 0.6) is 0 Å². The van der Waals surface area contributed by atoms with Gasteiger partial charge in [0.25, 0.3) is 0 Å². The van der Waals surface area contributed by atoms with E-state index in [9.17, 15) is 13.2 Å². The fraction of sp³-hybridized carbons (Fsp3) is 0.909. The van der Waals surface area contributed by atoms with E-state index in [2.05, 4.69) is 10.6 Å². The molecule has 1 fully saturated rings. The Morgan fingerprint density at radius 3 is 2.67 bits per heavy atom. The van der Waals surface area contributed by atoms with Gasteiger partial charge in [-0.15, -0.1) is 0 Å². The maximum atomic E-state index is 11.9. The average molecular weight is 277 g/mol. The number of carbonyl (C=O) groups excluding carboxylic acids is 1. The Labute approximate surface area is 109 Å². The van der Waals surface area contributed by atoms with Crippen molar-refractivity contribution >= 4 is 15.9 Å². The van der Waals surface area contributed by atoms with E-state index in [1.807, 2.05) is 6.92 Å². The van der Waals surface area contributed by atoms with Gasteiger partial charge in [0.1, 0.15) is 0 Å². The minimum absolute atomic E-state index is 0.0627.